The van der Waals surface area contributed by atoms with Gasteiger partial charge in [-0.25, -0.2) is 4.98 Å². The number of imidazole rings is 1. The Morgan fingerprint density at radius 3 is 2.73 bits per heavy atom. The van der Waals surface area contributed by atoms with Gasteiger partial charge in [-0.15, -0.1) is 0 Å². The summed E-state index contributed by atoms with van der Waals surface area (Å²) in [4.78, 5) is 27.2. The van der Waals surface area contributed by atoms with Crippen molar-refractivity contribution in [2.45, 2.75) is 13.0 Å². The van der Waals surface area contributed by atoms with Gasteiger partial charge in [0.25, 0.3) is 5.69 Å². The van der Waals surface area contributed by atoms with E-state index in [1.165, 1.54) is 6.07 Å². The van der Waals surface area contributed by atoms with Gasteiger partial charge in [0.05, 0.1) is 22.3 Å². The number of aromatic nitrogens is 2. The number of anilines is 1. The van der Waals surface area contributed by atoms with E-state index in [9.17, 15) is 14.9 Å². The zero-order valence-electron chi connectivity index (χ0n) is 14.3. The van der Waals surface area contributed by atoms with Crippen molar-refractivity contribution in [2.24, 2.45) is 0 Å². The molecule has 3 rings (SSSR count). The Morgan fingerprint density at radius 1 is 1.19 bits per heavy atom. The van der Waals surface area contributed by atoms with E-state index in [0.717, 1.165) is 11.0 Å². The number of carbonyl (C=O) groups is 1. The quantitative estimate of drug-likeness (QED) is 0.386. The SMILES string of the molecule is CC(C(=O)NCCNc1ccccc1[N+](=O)[O-])n1cnc2ccccc21. The molecule has 134 valence electrons. The lowest BCUT2D eigenvalue weighted by molar-refractivity contribution is -0.384. The second kappa shape index (κ2) is 7.64. The molecule has 26 heavy (non-hydrogen) atoms. The van der Waals surface area contributed by atoms with Gasteiger partial charge in [-0.1, -0.05) is 24.3 Å². The fourth-order valence-corrected chi connectivity index (χ4v) is 2.73. The van der Waals surface area contributed by atoms with Gasteiger partial charge >= 0.3 is 0 Å². The summed E-state index contributed by atoms with van der Waals surface area (Å²) in [6.07, 6.45) is 1.65. The standard InChI is InChI=1S/C18H19N5O3/c1-13(22-12-21-14-6-2-4-8-16(14)22)18(24)20-11-10-19-15-7-3-5-9-17(15)23(25)26/h2-9,12-13,19H,10-11H2,1H3,(H,20,24). The molecule has 1 heterocycles. The smallest absolute Gasteiger partial charge is 0.292 e. The molecule has 1 unspecified atom stereocenters. The molecule has 0 saturated heterocycles. The highest BCUT2D eigenvalue weighted by Crippen LogP contribution is 2.22. The molecular weight excluding hydrogens is 334 g/mol. The van der Waals surface area contributed by atoms with Crippen LogP contribution in [0.3, 0.4) is 0 Å². The van der Waals surface area contributed by atoms with Crippen LogP contribution >= 0.6 is 0 Å². The average Bonchev–Trinajstić information content (AvgIpc) is 3.08. The maximum absolute atomic E-state index is 12.4. The molecule has 0 bridgehead atoms. The lowest BCUT2D eigenvalue weighted by atomic mass is 10.2. The van der Waals surface area contributed by atoms with Crippen LogP contribution in [0.1, 0.15) is 13.0 Å². The lowest BCUT2D eigenvalue weighted by Gasteiger charge is -2.15. The molecule has 0 aliphatic heterocycles. The molecule has 1 amide bonds. The monoisotopic (exact) mass is 353 g/mol. The molecule has 3 aromatic rings. The third kappa shape index (κ3) is 3.64. The Labute approximate surface area is 150 Å². The minimum Gasteiger partial charge on any atom is -0.378 e. The van der Waals surface area contributed by atoms with Crippen molar-refractivity contribution in [2.75, 3.05) is 18.4 Å². The third-order valence-corrected chi connectivity index (χ3v) is 4.12. The molecule has 8 heteroatoms. The van der Waals surface area contributed by atoms with Crippen molar-refractivity contribution in [1.29, 1.82) is 0 Å². The van der Waals surface area contributed by atoms with Crippen LogP contribution in [0.25, 0.3) is 11.0 Å². The number of carbonyl (C=O) groups excluding carboxylic acids is 1. The third-order valence-electron chi connectivity index (χ3n) is 4.12. The van der Waals surface area contributed by atoms with Gasteiger partial charge in [-0.05, 0) is 25.1 Å². The Bertz CT molecular complexity index is 937. The zero-order valence-corrected chi connectivity index (χ0v) is 14.3. The average molecular weight is 353 g/mol. The molecule has 2 aromatic carbocycles. The van der Waals surface area contributed by atoms with Gasteiger partial charge < -0.3 is 15.2 Å². The van der Waals surface area contributed by atoms with Crippen LogP contribution in [-0.2, 0) is 4.79 Å². The maximum atomic E-state index is 12.4. The topological polar surface area (TPSA) is 102 Å². The van der Waals surface area contributed by atoms with Gasteiger partial charge in [0.2, 0.25) is 5.91 Å². The van der Waals surface area contributed by atoms with Crippen LogP contribution in [-0.4, -0.2) is 33.5 Å². The fourth-order valence-electron chi connectivity index (χ4n) is 2.73. The second-order valence-electron chi connectivity index (χ2n) is 5.81. The lowest BCUT2D eigenvalue weighted by Crippen LogP contribution is -2.34. The maximum Gasteiger partial charge on any atom is 0.292 e. The molecular formula is C18H19N5O3. The molecule has 1 aromatic heterocycles. The molecule has 0 fully saturated rings. The number of nitrogens with zero attached hydrogens (tertiary/aromatic N) is 3. The molecule has 1 atom stereocenters. The number of amides is 1. The molecule has 0 aliphatic rings. The highest BCUT2D eigenvalue weighted by atomic mass is 16.6. The Kier molecular flexibility index (Phi) is 5.12. The normalized spacial score (nSPS) is 11.9. The summed E-state index contributed by atoms with van der Waals surface area (Å²) < 4.78 is 1.82. The van der Waals surface area contributed by atoms with Crippen LogP contribution in [0.15, 0.2) is 54.9 Å². The predicted octanol–water partition coefficient (Wildman–Crippen LogP) is 2.73. The predicted molar refractivity (Wildman–Crippen MR) is 99.0 cm³/mol. The van der Waals surface area contributed by atoms with Gasteiger partial charge in [-0.3, -0.25) is 14.9 Å². The number of fused-ring (bicyclic) bond motifs is 1. The first-order valence-electron chi connectivity index (χ1n) is 8.24. The number of nitro groups is 1. The fraction of sp³-hybridized carbons (Fsp3) is 0.222. The van der Waals surface area contributed by atoms with Gasteiger partial charge in [0, 0.05) is 19.2 Å². The van der Waals surface area contributed by atoms with Crippen LogP contribution in [0.2, 0.25) is 0 Å². The van der Waals surface area contributed by atoms with Gasteiger partial charge in [0.15, 0.2) is 0 Å². The molecule has 0 saturated carbocycles. The Balaban J connectivity index is 1.55. The van der Waals surface area contributed by atoms with Crippen molar-refractivity contribution in [1.82, 2.24) is 14.9 Å². The van der Waals surface area contributed by atoms with Crippen molar-refractivity contribution < 1.29 is 9.72 Å². The number of nitrogens with one attached hydrogen (secondary N) is 2. The molecule has 0 radical (unpaired) electrons. The van der Waals surface area contributed by atoms with Crippen LogP contribution < -0.4 is 10.6 Å². The zero-order chi connectivity index (χ0) is 18.5. The highest BCUT2D eigenvalue weighted by Gasteiger charge is 2.17. The number of hydrogen-bond donors (Lipinski definition) is 2. The van der Waals surface area contributed by atoms with E-state index in [4.69, 9.17) is 0 Å². The van der Waals surface area contributed by atoms with E-state index in [0.29, 0.717) is 18.8 Å². The Hall–Kier alpha value is -3.42. The molecule has 2 N–H and O–H groups in total. The minimum absolute atomic E-state index is 0.0112. The van der Waals surface area contributed by atoms with Crippen molar-refractivity contribution in [3.63, 3.8) is 0 Å². The largest absolute Gasteiger partial charge is 0.378 e. The summed E-state index contributed by atoms with van der Waals surface area (Å²) in [5.74, 6) is -0.141. The van der Waals surface area contributed by atoms with Crippen LogP contribution in [0, 0.1) is 10.1 Å². The van der Waals surface area contributed by atoms with E-state index in [1.54, 1.807) is 31.5 Å². The highest BCUT2D eigenvalue weighted by molar-refractivity contribution is 5.83. The van der Waals surface area contributed by atoms with E-state index in [2.05, 4.69) is 15.6 Å². The molecule has 8 nitrogen and oxygen atoms in total. The van der Waals surface area contributed by atoms with Crippen molar-refractivity contribution >= 4 is 28.3 Å². The van der Waals surface area contributed by atoms with Crippen LogP contribution in [0.5, 0.6) is 0 Å². The van der Waals surface area contributed by atoms with Gasteiger partial charge in [-0.2, -0.15) is 0 Å². The number of para-hydroxylation sites is 4. The second-order valence-corrected chi connectivity index (χ2v) is 5.81. The first-order chi connectivity index (χ1) is 12.6. The summed E-state index contributed by atoms with van der Waals surface area (Å²) in [5, 5.41) is 16.8. The van der Waals surface area contributed by atoms with E-state index >= 15 is 0 Å². The number of rotatable bonds is 7. The van der Waals surface area contributed by atoms with Crippen LogP contribution in [0.4, 0.5) is 11.4 Å². The number of benzene rings is 2. The summed E-state index contributed by atoms with van der Waals surface area (Å²) in [7, 11) is 0. The summed E-state index contributed by atoms with van der Waals surface area (Å²) in [5.41, 5.74) is 2.18. The minimum atomic E-state index is -0.437. The Morgan fingerprint density at radius 2 is 1.92 bits per heavy atom. The van der Waals surface area contributed by atoms with Crippen molar-refractivity contribution in [3.05, 3.63) is 65.0 Å². The first-order valence-corrected chi connectivity index (χ1v) is 8.24. The molecule has 0 aliphatic carbocycles. The number of nitro benzene ring substituents is 1. The van der Waals surface area contributed by atoms with E-state index < -0.39 is 11.0 Å². The number of hydrogen-bond acceptors (Lipinski definition) is 5. The summed E-state index contributed by atoms with van der Waals surface area (Å²) >= 11 is 0. The van der Waals surface area contributed by atoms with E-state index in [-0.39, 0.29) is 11.6 Å². The van der Waals surface area contributed by atoms with E-state index in [1.807, 2.05) is 28.8 Å². The van der Waals surface area contributed by atoms with Gasteiger partial charge in [0.1, 0.15) is 11.7 Å². The first kappa shape index (κ1) is 17.4. The summed E-state index contributed by atoms with van der Waals surface area (Å²) in [6.45, 7) is 2.54. The molecule has 0 spiro atoms. The van der Waals surface area contributed by atoms with Crippen molar-refractivity contribution in [3.8, 4) is 0 Å². The summed E-state index contributed by atoms with van der Waals surface area (Å²) in [6, 6.07) is 13.6.